The van der Waals surface area contributed by atoms with Crippen LogP contribution in [0.1, 0.15) is 30.0 Å². The topological polar surface area (TPSA) is 118 Å². The molecule has 0 saturated carbocycles. The van der Waals surface area contributed by atoms with Crippen LogP contribution in [-0.4, -0.2) is 32.6 Å². The van der Waals surface area contributed by atoms with Crippen LogP contribution < -0.4 is 15.2 Å². The Morgan fingerprint density at radius 2 is 2.04 bits per heavy atom. The molecule has 5 rings (SSSR count). The van der Waals surface area contributed by atoms with Gasteiger partial charge in [0.15, 0.2) is 28.8 Å². The molecule has 3 heterocycles. The van der Waals surface area contributed by atoms with Crippen LogP contribution >= 0.6 is 0 Å². The number of ether oxygens (including phenoxy) is 2. The average Bonchev–Trinajstić information content (AvgIpc) is 3.38. The number of primary amides is 1. The molecule has 0 atom stereocenters. The fourth-order valence-electron chi connectivity index (χ4n) is 3.50. The van der Waals surface area contributed by atoms with Crippen LogP contribution in [0.4, 0.5) is 0 Å². The molecule has 1 amide bonds. The van der Waals surface area contributed by atoms with E-state index in [-0.39, 0.29) is 13.2 Å². The van der Waals surface area contributed by atoms with Crippen LogP contribution in [0.3, 0.4) is 0 Å². The number of amides is 1. The second-order valence-electron chi connectivity index (χ2n) is 6.58. The van der Waals surface area contributed by atoms with Crippen molar-refractivity contribution in [3.8, 4) is 28.7 Å². The first kappa shape index (κ1) is 15.9. The van der Waals surface area contributed by atoms with Gasteiger partial charge in [-0.2, -0.15) is 5.10 Å². The molecular formula is C18H17N5O4. The largest absolute Gasteiger partial charge is 0.454 e. The van der Waals surface area contributed by atoms with Crippen molar-refractivity contribution >= 4 is 5.91 Å². The van der Waals surface area contributed by atoms with Gasteiger partial charge in [-0.05, 0) is 31.4 Å². The standard InChI is InChI=1S/C18H17N5O4/c19-15(24)8-16-20-18(17-11-3-1-2-4-12(11)27-22-17)23(21-16)10-5-6-13-14(7-10)26-9-25-13/h5-7H,1-4,8-9H2,(H2,19,24). The molecule has 0 fully saturated rings. The number of nitrogens with zero attached hydrogens (tertiary/aromatic N) is 4. The summed E-state index contributed by atoms with van der Waals surface area (Å²) in [5.74, 6) is 2.57. The van der Waals surface area contributed by atoms with Crippen molar-refractivity contribution in [2.24, 2.45) is 5.73 Å². The fourth-order valence-corrected chi connectivity index (χ4v) is 3.50. The molecule has 9 nitrogen and oxygen atoms in total. The number of aryl methyl sites for hydroxylation is 1. The van der Waals surface area contributed by atoms with E-state index < -0.39 is 5.91 Å². The highest BCUT2D eigenvalue weighted by Crippen LogP contribution is 2.36. The van der Waals surface area contributed by atoms with Crippen molar-refractivity contribution < 1.29 is 18.8 Å². The van der Waals surface area contributed by atoms with Gasteiger partial charge < -0.3 is 19.7 Å². The predicted molar refractivity (Wildman–Crippen MR) is 92.5 cm³/mol. The highest BCUT2D eigenvalue weighted by molar-refractivity contribution is 5.76. The van der Waals surface area contributed by atoms with Gasteiger partial charge in [0.2, 0.25) is 12.7 Å². The third kappa shape index (κ3) is 2.71. The molecule has 1 aromatic carbocycles. The Labute approximate surface area is 154 Å². The highest BCUT2D eigenvalue weighted by atomic mass is 16.7. The SMILES string of the molecule is NC(=O)Cc1nc(-c2noc3c2CCCC3)n(-c2ccc3c(c2)OCO3)n1. The zero-order chi connectivity index (χ0) is 18.4. The van der Waals surface area contributed by atoms with Crippen molar-refractivity contribution in [3.05, 3.63) is 35.3 Å². The van der Waals surface area contributed by atoms with Crippen molar-refractivity contribution in [1.82, 2.24) is 19.9 Å². The monoisotopic (exact) mass is 367 g/mol. The average molecular weight is 367 g/mol. The van der Waals surface area contributed by atoms with Gasteiger partial charge in [0.25, 0.3) is 0 Å². The Bertz CT molecular complexity index is 1040. The Morgan fingerprint density at radius 1 is 1.19 bits per heavy atom. The lowest BCUT2D eigenvalue weighted by molar-refractivity contribution is -0.117. The molecular weight excluding hydrogens is 350 g/mol. The van der Waals surface area contributed by atoms with Gasteiger partial charge in [-0.15, -0.1) is 0 Å². The summed E-state index contributed by atoms with van der Waals surface area (Å²) in [6.07, 6.45) is 3.86. The summed E-state index contributed by atoms with van der Waals surface area (Å²) in [5, 5.41) is 8.73. The number of hydrogen-bond acceptors (Lipinski definition) is 7. The minimum Gasteiger partial charge on any atom is -0.454 e. The molecule has 0 unspecified atom stereocenters. The van der Waals surface area contributed by atoms with Crippen molar-refractivity contribution in [3.63, 3.8) is 0 Å². The third-order valence-corrected chi connectivity index (χ3v) is 4.75. The Kier molecular flexibility index (Phi) is 3.59. The number of rotatable bonds is 4. The van der Waals surface area contributed by atoms with Gasteiger partial charge in [-0.3, -0.25) is 4.79 Å². The summed E-state index contributed by atoms with van der Waals surface area (Å²) in [7, 11) is 0. The van der Waals surface area contributed by atoms with Crippen LogP contribution in [0.5, 0.6) is 11.5 Å². The van der Waals surface area contributed by atoms with E-state index in [9.17, 15) is 4.79 Å². The first-order valence-electron chi connectivity index (χ1n) is 8.81. The van der Waals surface area contributed by atoms with Gasteiger partial charge >= 0.3 is 0 Å². The lowest BCUT2D eigenvalue weighted by atomic mass is 9.96. The molecule has 9 heteroatoms. The number of hydrogen-bond donors (Lipinski definition) is 1. The molecule has 138 valence electrons. The van der Waals surface area contributed by atoms with Crippen molar-refractivity contribution in [2.45, 2.75) is 32.1 Å². The van der Waals surface area contributed by atoms with Crippen LogP contribution in [-0.2, 0) is 24.1 Å². The van der Waals surface area contributed by atoms with Gasteiger partial charge in [0.05, 0.1) is 12.1 Å². The van der Waals surface area contributed by atoms with E-state index >= 15 is 0 Å². The van der Waals surface area contributed by atoms with Crippen molar-refractivity contribution in [2.75, 3.05) is 6.79 Å². The van der Waals surface area contributed by atoms with Crippen LogP contribution in [0.2, 0.25) is 0 Å². The summed E-state index contributed by atoms with van der Waals surface area (Å²) in [6.45, 7) is 0.187. The van der Waals surface area contributed by atoms with Crippen molar-refractivity contribution in [1.29, 1.82) is 0 Å². The fraction of sp³-hybridized carbons (Fsp3) is 0.333. The molecule has 2 N–H and O–H groups in total. The first-order valence-corrected chi connectivity index (χ1v) is 8.81. The third-order valence-electron chi connectivity index (χ3n) is 4.75. The number of carbonyl (C=O) groups is 1. The Morgan fingerprint density at radius 3 is 2.93 bits per heavy atom. The minimum atomic E-state index is -0.494. The molecule has 27 heavy (non-hydrogen) atoms. The number of nitrogens with two attached hydrogens (primary N) is 1. The molecule has 2 aromatic heterocycles. The summed E-state index contributed by atoms with van der Waals surface area (Å²) >= 11 is 0. The number of carbonyl (C=O) groups excluding carboxylic acids is 1. The summed E-state index contributed by atoms with van der Waals surface area (Å²) in [6, 6.07) is 5.49. The number of aromatic nitrogens is 4. The quantitative estimate of drug-likeness (QED) is 0.743. The van der Waals surface area contributed by atoms with Gasteiger partial charge in [-0.25, -0.2) is 9.67 Å². The predicted octanol–water partition coefficient (Wildman–Crippen LogP) is 1.56. The van der Waals surface area contributed by atoms with Crippen LogP contribution in [0.25, 0.3) is 17.2 Å². The molecule has 0 spiro atoms. The van der Waals surface area contributed by atoms with Crippen LogP contribution in [0, 0.1) is 0 Å². The molecule has 0 bridgehead atoms. The maximum absolute atomic E-state index is 11.4. The smallest absolute Gasteiger partial charge is 0.231 e. The molecule has 1 aliphatic carbocycles. The van der Waals surface area contributed by atoms with Gasteiger partial charge in [0, 0.05) is 18.1 Å². The number of fused-ring (bicyclic) bond motifs is 2. The maximum atomic E-state index is 11.4. The van der Waals surface area contributed by atoms with E-state index in [4.69, 9.17) is 19.7 Å². The van der Waals surface area contributed by atoms with E-state index in [1.165, 1.54) is 0 Å². The zero-order valence-electron chi connectivity index (χ0n) is 14.5. The normalized spacial score (nSPS) is 15.0. The second kappa shape index (κ2) is 6.11. The van der Waals surface area contributed by atoms with E-state index in [2.05, 4.69) is 15.2 Å². The van der Waals surface area contributed by atoms with E-state index in [1.54, 1.807) is 4.68 Å². The highest BCUT2D eigenvalue weighted by Gasteiger charge is 2.26. The first-order chi connectivity index (χ1) is 13.2. The molecule has 2 aliphatic rings. The molecule has 1 aliphatic heterocycles. The lowest BCUT2D eigenvalue weighted by Crippen LogP contribution is -2.14. The van der Waals surface area contributed by atoms with E-state index in [1.807, 2.05) is 18.2 Å². The number of benzene rings is 1. The van der Waals surface area contributed by atoms with E-state index in [0.29, 0.717) is 28.8 Å². The molecule has 0 saturated heterocycles. The molecule has 3 aromatic rings. The summed E-state index contributed by atoms with van der Waals surface area (Å²) < 4.78 is 18.0. The Hall–Kier alpha value is -3.36. The Balaban J connectivity index is 1.65. The minimum absolute atomic E-state index is 0.0510. The lowest BCUT2D eigenvalue weighted by Gasteiger charge is -2.10. The summed E-state index contributed by atoms with van der Waals surface area (Å²) in [4.78, 5) is 15.9. The molecule has 0 radical (unpaired) electrons. The maximum Gasteiger partial charge on any atom is 0.231 e. The second-order valence-corrected chi connectivity index (χ2v) is 6.58. The summed E-state index contributed by atoms with van der Waals surface area (Å²) in [5.41, 5.74) is 7.77. The zero-order valence-corrected chi connectivity index (χ0v) is 14.5. The van der Waals surface area contributed by atoms with Gasteiger partial charge in [-0.1, -0.05) is 5.16 Å². The van der Waals surface area contributed by atoms with Crippen LogP contribution in [0.15, 0.2) is 22.7 Å². The van der Waals surface area contributed by atoms with Gasteiger partial charge in [0.1, 0.15) is 5.76 Å². The van der Waals surface area contributed by atoms with E-state index in [0.717, 1.165) is 42.7 Å².